The molecule has 1 aliphatic carbocycles. The van der Waals surface area contributed by atoms with Crippen molar-refractivity contribution in [2.45, 2.75) is 32.6 Å². The molecule has 1 rings (SSSR count). The summed E-state index contributed by atoms with van der Waals surface area (Å²) in [6.45, 7) is 2.26. The molecule has 0 heterocycles. The Balaban J connectivity index is 2.32. The SMILES string of the molecule is CC[C@H]1C=CCCC1. The molecule has 0 N–H and O–H groups in total. The van der Waals surface area contributed by atoms with E-state index in [4.69, 9.17) is 0 Å². The van der Waals surface area contributed by atoms with Crippen LogP contribution in [0.5, 0.6) is 0 Å². The normalized spacial score (nSPS) is 28.4. The Morgan fingerprint density at radius 1 is 1.62 bits per heavy atom. The van der Waals surface area contributed by atoms with E-state index in [2.05, 4.69) is 19.1 Å². The monoisotopic (exact) mass is 110 g/mol. The van der Waals surface area contributed by atoms with Crippen LogP contribution >= 0.6 is 0 Å². The van der Waals surface area contributed by atoms with E-state index < -0.39 is 0 Å². The van der Waals surface area contributed by atoms with E-state index in [0.29, 0.717) is 0 Å². The second kappa shape index (κ2) is 2.91. The van der Waals surface area contributed by atoms with Crippen LogP contribution in [0, 0.1) is 5.92 Å². The second-order valence-corrected chi connectivity index (χ2v) is 2.53. The predicted octanol–water partition coefficient (Wildman–Crippen LogP) is 2.75. The van der Waals surface area contributed by atoms with E-state index in [9.17, 15) is 0 Å². The van der Waals surface area contributed by atoms with Gasteiger partial charge in [0.05, 0.1) is 0 Å². The zero-order valence-electron chi connectivity index (χ0n) is 5.56. The van der Waals surface area contributed by atoms with E-state index in [1.54, 1.807) is 0 Å². The summed E-state index contributed by atoms with van der Waals surface area (Å²) < 4.78 is 0. The van der Waals surface area contributed by atoms with Crippen LogP contribution in [0.15, 0.2) is 12.2 Å². The molecule has 0 saturated heterocycles. The largest absolute Gasteiger partial charge is 0.0883 e. The molecule has 1 aliphatic rings. The minimum absolute atomic E-state index is 0.906. The summed E-state index contributed by atoms with van der Waals surface area (Å²) in [5, 5.41) is 0. The van der Waals surface area contributed by atoms with Crippen LogP contribution in [-0.2, 0) is 0 Å². The Morgan fingerprint density at radius 3 is 2.88 bits per heavy atom. The Hall–Kier alpha value is -0.260. The van der Waals surface area contributed by atoms with Gasteiger partial charge in [-0.3, -0.25) is 0 Å². The summed E-state index contributed by atoms with van der Waals surface area (Å²) in [7, 11) is 0. The molecule has 0 aromatic heterocycles. The summed E-state index contributed by atoms with van der Waals surface area (Å²) in [5.74, 6) is 0.906. The van der Waals surface area contributed by atoms with Crippen molar-refractivity contribution in [2.75, 3.05) is 0 Å². The molecule has 0 aromatic carbocycles. The minimum atomic E-state index is 0.906. The first-order valence-corrected chi connectivity index (χ1v) is 3.60. The molecular formula is C8H14. The second-order valence-electron chi connectivity index (χ2n) is 2.53. The van der Waals surface area contributed by atoms with E-state index in [0.717, 1.165) is 5.92 Å². The van der Waals surface area contributed by atoms with Crippen LogP contribution < -0.4 is 0 Å². The molecule has 0 nitrogen and oxygen atoms in total. The Bertz CT molecular complexity index is 82.0. The predicted molar refractivity (Wildman–Crippen MR) is 36.8 cm³/mol. The van der Waals surface area contributed by atoms with Crippen molar-refractivity contribution in [1.29, 1.82) is 0 Å². The highest BCUT2D eigenvalue weighted by atomic mass is 14.1. The molecular weight excluding hydrogens is 96.1 g/mol. The molecule has 0 saturated carbocycles. The van der Waals surface area contributed by atoms with E-state index in [1.807, 2.05) is 0 Å². The van der Waals surface area contributed by atoms with Crippen LogP contribution in [0.3, 0.4) is 0 Å². The summed E-state index contributed by atoms with van der Waals surface area (Å²) in [6.07, 6.45) is 10.2. The fourth-order valence-electron chi connectivity index (χ4n) is 1.22. The average molecular weight is 110 g/mol. The molecule has 46 valence electrons. The number of hydrogen-bond donors (Lipinski definition) is 0. The lowest BCUT2D eigenvalue weighted by atomic mass is 9.94. The van der Waals surface area contributed by atoms with E-state index in [1.165, 1.54) is 25.7 Å². The van der Waals surface area contributed by atoms with Crippen LogP contribution in [-0.4, -0.2) is 0 Å². The van der Waals surface area contributed by atoms with Gasteiger partial charge in [0.15, 0.2) is 0 Å². The number of hydrogen-bond acceptors (Lipinski definition) is 0. The van der Waals surface area contributed by atoms with Crippen LogP contribution in [0.25, 0.3) is 0 Å². The maximum atomic E-state index is 2.36. The van der Waals surface area contributed by atoms with Gasteiger partial charge in [-0.05, 0) is 31.6 Å². The van der Waals surface area contributed by atoms with E-state index in [-0.39, 0.29) is 0 Å². The molecule has 0 spiro atoms. The van der Waals surface area contributed by atoms with Gasteiger partial charge in [-0.15, -0.1) is 0 Å². The Kier molecular flexibility index (Phi) is 2.13. The first-order chi connectivity index (χ1) is 3.93. The van der Waals surface area contributed by atoms with Gasteiger partial charge >= 0.3 is 0 Å². The van der Waals surface area contributed by atoms with Crippen LogP contribution in [0.2, 0.25) is 0 Å². The van der Waals surface area contributed by atoms with Crippen molar-refractivity contribution >= 4 is 0 Å². The van der Waals surface area contributed by atoms with Crippen molar-refractivity contribution in [3.63, 3.8) is 0 Å². The summed E-state index contributed by atoms with van der Waals surface area (Å²) in [4.78, 5) is 0. The molecule has 0 amide bonds. The zero-order chi connectivity index (χ0) is 5.82. The van der Waals surface area contributed by atoms with Crippen molar-refractivity contribution in [3.05, 3.63) is 12.2 Å². The number of allylic oxidation sites excluding steroid dienone is 2. The van der Waals surface area contributed by atoms with Crippen molar-refractivity contribution in [2.24, 2.45) is 5.92 Å². The Morgan fingerprint density at radius 2 is 2.50 bits per heavy atom. The summed E-state index contributed by atoms with van der Waals surface area (Å²) in [6, 6.07) is 0. The molecule has 0 fully saturated rings. The highest BCUT2D eigenvalue weighted by Crippen LogP contribution is 2.18. The lowest BCUT2D eigenvalue weighted by Gasteiger charge is -2.12. The maximum absolute atomic E-state index is 2.36. The third-order valence-corrected chi connectivity index (χ3v) is 1.88. The lowest BCUT2D eigenvalue weighted by molar-refractivity contribution is 0.527. The first-order valence-electron chi connectivity index (χ1n) is 3.60. The van der Waals surface area contributed by atoms with Gasteiger partial charge in [0.1, 0.15) is 0 Å². The molecule has 0 radical (unpaired) electrons. The van der Waals surface area contributed by atoms with Gasteiger partial charge in [0, 0.05) is 0 Å². The quantitative estimate of drug-likeness (QED) is 0.455. The minimum Gasteiger partial charge on any atom is -0.0883 e. The fraction of sp³-hybridized carbons (Fsp3) is 0.750. The lowest BCUT2D eigenvalue weighted by Crippen LogP contribution is -1.97. The van der Waals surface area contributed by atoms with E-state index >= 15 is 0 Å². The maximum Gasteiger partial charge on any atom is -0.0236 e. The standard InChI is InChI=1S/C8H14/c1-2-8-6-4-3-5-7-8/h4,6,8H,2-3,5,7H2,1H3/t8-/m0/s1. The molecule has 8 heavy (non-hydrogen) atoms. The fourth-order valence-corrected chi connectivity index (χ4v) is 1.22. The van der Waals surface area contributed by atoms with Crippen molar-refractivity contribution in [1.82, 2.24) is 0 Å². The summed E-state index contributed by atoms with van der Waals surface area (Å²) >= 11 is 0. The molecule has 0 bridgehead atoms. The van der Waals surface area contributed by atoms with Gasteiger partial charge in [0.25, 0.3) is 0 Å². The van der Waals surface area contributed by atoms with Crippen molar-refractivity contribution < 1.29 is 0 Å². The van der Waals surface area contributed by atoms with Gasteiger partial charge in [-0.2, -0.15) is 0 Å². The average Bonchev–Trinajstić information content (AvgIpc) is 1.90. The number of rotatable bonds is 1. The van der Waals surface area contributed by atoms with Crippen LogP contribution in [0.4, 0.5) is 0 Å². The molecule has 0 heteroatoms. The van der Waals surface area contributed by atoms with Gasteiger partial charge in [-0.25, -0.2) is 0 Å². The van der Waals surface area contributed by atoms with Crippen molar-refractivity contribution in [3.8, 4) is 0 Å². The third-order valence-electron chi connectivity index (χ3n) is 1.88. The van der Waals surface area contributed by atoms with Gasteiger partial charge in [0.2, 0.25) is 0 Å². The highest BCUT2D eigenvalue weighted by Gasteiger charge is 2.03. The molecule has 1 atom stereocenters. The summed E-state index contributed by atoms with van der Waals surface area (Å²) in [5.41, 5.74) is 0. The Labute approximate surface area is 51.6 Å². The smallest absolute Gasteiger partial charge is 0.0236 e. The molecule has 0 aliphatic heterocycles. The third kappa shape index (κ3) is 1.36. The first kappa shape index (κ1) is 5.87. The molecule has 0 unspecified atom stereocenters. The molecule has 0 aromatic rings. The topological polar surface area (TPSA) is 0 Å². The van der Waals surface area contributed by atoms with Gasteiger partial charge in [-0.1, -0.05) is 19.1 Å². The van der Waals surface area contributed by atoms with Crippen LogP contribution in [0.1, 0.15) is 32.6 Å². The van der Waals surface area contributed by atoms with Gasteiger partial charge < -0.3 is 0 Å². The highest BCUT2D eigenvalue weighted by molar-refractivity contribution is 4.91. The zero-order valence-corrected chi connectivity index (χ0v) is 5.56.